The molecule has 1 amide bonds. The van der Waals surface area contributed by atoms with Crippen LogP contribution in [0.2, 0.25) is 5.02 Å². The molecule has 1 heterocycles. The number of aromatic hydroxyl groups is 1. The molecular formula is C18H19ClN2O3. The summed E-state index contributed by atoms with van der Waals surface area (Å²) >= 11 is 5.82. The van der Waals surface area contributed by atoms with Crippen molar-refractivity contribution in [3.05, 3.63) is 53.6 Å². The Morgan fingerprint density at radius 1 is 1.00 bits per heavy atom. The van der Waals surface area contributed by atoms with Crippen LogP contribution in [0, 0.1) is 0 Å². The summed E-state index contributed by atoms with van der Waals surface area (Å²) < 4.78 is 5.51. The Hall–Kier alpha value is -2.40. The van der Waals surface area contributed by atoms with Gasteiger partial charge in [0.1, 0.15) is 11.5 Å². The average Bonchev–Trinajstić information content (AvgIpc) is 2.62. The molecule has 0 bridgehead atoms. The number of hydrogen-bond donors (Lipinski definition) is 1. The van der Waals surface area contributed by atoms with E-state index in [9.17, 15) is 9.90 Å². The summed E-state index contributed by atoms with van der Waals surface area (Å²) in [6.07, 6.45) is 0. The van der Waals surface area contributed by atoms with E-state index in [1.807, 2.05) is 17.0 Å². The molecule has 1 aliphatic rings. The van der Waals surface area contributed by atoms with Crippen LogP contribution in [0.5, 0.6) is 11.5 Å². The lowest BCUT2D eigenvalue weighted by Gasteiger charge is -2.36. The first-order valence-corrected chi connectivity index (χ1v) is 8.20. The molecule has 1 saturated heterocycles. The molecule has 126 valence electrons. The van der Waals surface area contributed by atoms with E-state index in [0.29, 0.717) is 23.9 Å². The van der Waals surface area contributed by atoms with Crippen molar-refractivity contribution in [2.24, 2.45) is 0 Å². The van der Waals surface area contributed by atoms with E-state index in [2.05, 4.69) is 4.90 Å². The molecule has 0 aliphatic carbocycles. The lowest BCUT2D eigenvalue weighted by molar-refractivity contribution is -0.133. The molecule has 0 spiro atoms. The number of phenolic OH excluding ortho intramolecular Hbond substituents is 1. The third-order valence-corrected chi connectivity index (χ3v) is 4.28. The highest BCUT2D eigenvalue weighted by atomic mass is 35.5. The van der Waals surface area contributed by atoms with E-state index < -0.39 is 0 Å². The van der Waals surface area contributed by atoms with Gasteiger partial charge in [-0.25, -0.2) is 0 Å². The van der Waals surface area contributed by atoms with Gasteiger partial charge in [-0.15, -0.1) is 0 Å². The number of anilines is 1. The zero-order valence-electron chi connectivity index (χ0n) is 13.2. The normalized spacial score (nSPS) is 14.5. The maximum absolute atomic E-state index is 12.2. The summed E-state index contributed by atoms with van der Waals surface area (Å²) in [6, 6.07) is 14.1. The van der Waals surface area contributed by atoms with Crippen molar-refractivity contribution in [1.29, 1.82) is 0 Å². The minimum absolute atomic E-state index is 0.0182. The SMILES string of the molecule is O=C(COc1ccc(Cl)cc1)N1CCN(c2ccc(O)cc2)CC1. The molecule has 1 aliphatic heterocycles. The van der Waals surface area contributed by atoms with Crippen LogP contribution >= 0.6 is 11.6 Å². The minimum atomic E-state index is -0.0182. The topological polar surface area (TPSA) is 53.0 Å². The third-order valence-electron chi connectivity index (χ3n) is 4.02. The Balaban J connectivity index is 1.48. The van der Waals surface area contributed by atoms with Gasteiger partial charge in [-0.05, 0) is 48.5 Å². The van der Waals surface area contributed by atoms with Crippen molar-refractivity contribution >= 4 is 23.2 Å². The predicted molar refractivity (Wildman–Crippen MR) is 93.8 cm³/mol. The number of piperazine rings is 1. The Labute approximate surface area is 146 Å². The molecule has 5 nitrogen and oxygen atoms in total. The molecule has 6 heteroatoms. The van der Waals surface area contributed by atoms with Gasteiger partial charge >= 0.3 is 0 Å². The minimum Gasteiger partial charge on any atom is -0.508 e. The summed E-state index contributed by atoms with van der Waals surface area (Å²) in [5.41, 5.74) is 1.05. The van der Waals surface area contributed by atoms with Crippen molar-refractivity contribution in [3.8, 4) is 11.5 Å². The average molecular weight is 347 g/mol. The molecular weight excluding hydrogens is 328 g/mol. The van der Waals surface area contributed by atoms with Gasteiger partial charge in [0.15, 0.2) is 6.61 Å². The molecule has 0 saturated carbocycles. The fourth-order valence-electron chi connectivity index (χ4n) is 2.64. The molecule has 0 aromatic heterocycles. The highest BCUT2D eigenvalue weighted by molar-refractivity contribution is 6.30. The van der Waals surface area contributed by atoms with Crippen LogP contribution < -0.4 is 9.64 Å². The lowest BCUT2D eigenvalue weighted by atomic mass is 10.2. The fourth-order valence-corrected chi connectivity index (χ4v) is 2.77. The van der Waals surface area contributed by atoms with Crippen LogP contribution in [-0.4, -0.2) is 48.7 Å². The zero-order chi connectivity index (χ0) is 16.9. The van der Waals surface area contributed by atoms with Crippen LogP contribution in [0.25, 0.3) is 0 Å². The van der Waals surface area contributed by atoms with Gasteiger partial charge in [0.25, 0.3) is 5.91 Å². The van der Waals surface area contributed by atoms with Gasteiger partial charge < -0.3 is 19.6 Å². The van der Waals surface area contributed by atoms with E-state index in [1.54, 1.807) is 36.4 Å². The summed E-state index contributed by atoms with van der Waals surface area (Å²) in [4.78, 5) is 16.3. The first-order valence-electron chi connectivity index (χ1n) is 7.82. The number of carbonyl (C=O) groups is 1. The number of halogens is 1. The van der Waals surface area contributed by atoms with E-state index in [4.69, 9.17) is 16.3 Å². The molecule has 3 rings (SSSR count). The summed E-state index contributed by atoms with van der Waals surface area (Å²) in [6.45, 7) is 2.86. The summed E-state index contributed by atoms with van der Waals surface area (Å²) in [7, 11) is 0. The van der Waals surface area contributed by atoms with Crippen LogP contribution in [0.1, 0.15) is 0 Å². The van der Waals surface area contributed by atoms with Crippen molar-refractivity contribution in [2.45, 2.75) is 0 Å². The van der Waals surface area contributed by atoms with Crippen LogP contribution in [-0.2, 0) is 4.79 Å². The Kier molecular flexibility index (Phi) is 5.11. The molecule has 2 aromatic rings. The Morgan fingerprint density at radius 2 is 1.62 bits per heavy atom. The molecule has 24 heavy (non-hydrogen) atoms. The van der Waals surface area contributed by atoms with Crippen molar-refractivity contribution in [1.82, 2.24) is 4.90 Å². The van der Waals surface area contributed by atoms with Crippen LogP contribution in [0.15, 0.2) is 48.5 Å². The molecule has 2 aromatic carbocycles. The third kappa shape index (κ3) is 4.11. The first-order chi connectivity index (χ1) is 11.6. The smallest absolute Gasteiger partial charge is 0.260 e. The maximum atomic E-state index is 12.2. The number of rotatable bonds is 4. The Morgan fingerprint density at radius 3 is 2.25 bits per heavy atom. The number of nitrogens with zero attached hydrogens (tertiary/aromatic N) is 2. The second-order valence-electron chi connectivity index (χ2n) is 5.63. The number of amides is 1. The predicted octanol–water partition coefficient (Wildman–Crippen LogP) is 2.77. The molecule has 1 N–H and O–H groups in total. The fraction of sp³-hybridized carbons (Fsp3) is 0.278. The van der Waals surface area contributed by atoms with Gasteiger partial charge in [-0.3, -0.25) is 4.79 Å². The molecule has 0 unspecified atom stereocenters. The zero-order valence-corrected chi connectivity index (χ0v) is 13.9. The number of benzene rings is 2. The van der Waals surface area contributed by atoms with E-state index in [0.717, 1.165) is 18.8 Å². The number of ether oxygens (including phenoxy) is 1. The standard InChI is InChI=1S/C18H19ClN2O3/c19-14-1-7-17(8-2-14)24-13-18(23)21-11-9-20(10-12-21)15-3-5-16(22)6-4-15/h1-8,22H,9-13H2. The van der Waals surface area contributed by atoms with Crippen molar-refractivity contribution in [3.63, 3.8) is 0 Å². The quantitative estimate of drug-likeness (QED) is 0.925. The second-order valence-corrected chi connectivity index (χ2v) is 6.06. The van der Waals surface area contributed by atoms with Gasteiger partial charge in [-0.2, -0.15) is 0 Å². The number of phenols is 1. The highest BCUT2D eigenvalue weighted by Crippen LogP contribution is 2.20. The Bertz CT molecular complexity index is 680. The van der Waals surface area contributed by atoms with Gasteiger partial charge in [-0.1, -0.05) is 11.6 Å². The monoisotopic (exact) mass is 346 g/mol. The van der Waals surface area contributed by atoms with Gasteiger partial charge in [0.2, 0.25) is 0 Å². The van der Waals surface area contributed by atoms with Crippen LogP contribution in [0.3, 0.4) is 0 Å². The molecule has 0 atom stereocenters. The number of hydrogen-bond acceptors (Lipinski definition) is 4. The van der Waals surface area contributed by atoms with Gasteiger partial charge in [0.05, 0.1) is 0 Å². The largest absolute Gasteiger partial charge is 0.508 e. The van der Waals surface area contributed by atoms with Crippen molar-refractivity contribution < 1.29 is 14.6 Å². The van der Waals surface area contributed by atoms with E-state index in [-0.39, 0.29) is 18.3 Å². The number of carbonyl (C=O) groups excluding carboxylic acids is 1. The molecule has 1 fully saturated rings. The van der Waals surface area contributed by atoms with Crippen LogP contribution in [0.4, 0.5) is 5.69 Å². The molecule has 0 radical (unpaired) electrons. The van der Waals surface area contributed by atoms with E-state index >= 15 is 0 Å². The summed E-state index contributed by atoms with van der Waals surface area (Å²) in [5.74, 6) is 0.873. The second kappa shape index (κ2) is 7.45. The highest BCUT2D eigenvalue weighted by Gasteiger charge is 2.21. The van der Waals surface area contributed by atoms with Crippen molar-refractivity contribution in [2.75, 3.05) is 37.7 Å². The first kappa shape index (κ1) is 16.5. The van der Waals surface area contributed by atoms with E-state index in [1.165, 1.54) is 0 Å². The lowest BCUT2D eigenvalue weighted by Crippen LogP contribution is -2.50. The summed E-state index contributed by atoms with van der Waals surface area (Å²) in [5, 5.41) is 9.98. The maximum Gasteiger partial charge on any atom is 0.260 e. The van der Waals surface area contributed by atoms with Gasteiger partial charge in [0, 0.05) is 36.9 Å².